The molecular weight excluding hydrogens is 296 g/mol. The monoisotopic (exact) mass is 320 g/mol. The molecule has 0 aromatic heterocycles. The lowest BCUT2D eigenvalue weighted by Crippen LogP contribution is -2.44. The van der Waals surface area contributed by atoms with Crippen molar-refractivity contribution in [2.45, 2.75) is 38.0 Å². The van der Waals surface area contributed by atoms with Gasteiger partial charge in [0.05, 0.1) is 5.92 Å². The SMILES string of the molecule is Cc1ccc(SCCC(=O)N2CCCC(C(N)=O)C2)cc1C. The molecule has 1 aliphatic heterocycles. The molecule has 1 aromatic rings. The van der Waals surface area contributed by atoms with E-state index in [1.807, 2.05) is 0 Å². The molecule has 1 fully saturated rings. The largest absolute Gasteiger partial charge is 0.369 e. The second-order valence-electron chi connectivity index (χ2n) is 5.93. The molecule has 2 rings (SSSR count). The van der Waals surface area contributed by atoms with Crippen LogP contribution in [0.2, 0.25) is 0 Å². The van der Waals surface area contributed by atoms with Gasteiger partial charge in [-0.05, 0) is 49.9 Å². The van der Waals surface area contributed by atoms with E-state index in [2.05, 4.69) is 32.0 Å². The molecule has 0 spiro atoms. The van der Waals surface area contributed by atoms with Crippen LogP contribution in [0.3, 0.4) is 0 Å². The predicted molar refractivity (Wildman–Crippen MR) is 89.8 cm³/mol. The van der Waals surface area contributed by atoms with Crippen molar-refractivity contribution in [3.05, 3.63) is 29.3 Å². The number of hydrogen-bond acceptors (Lipinski definition) is 3. The number of piperidine rings is 1. The summed E-state index contributed by atoms with van der Waals surface area (Å²) in [6.45, 7) is 5.43. The Kier molecular flexibility index (Phi) is 5.89. The van der Waals surface area contributed by atoms with Gasteiger partial charge in [0.25, 0.3) is 0 Å². The molecule has 22 heavy (non-hydrogen) atoms. The van der Waals surface area contributed by atoms with Gasteiger partial charge in [-0.3, -0.25) is 9.59 Å². The fourth-order valence-corrected chi connectivity index (χ4v) is 3.59. The smallest absolute Gasteiger partial charge is 0.223 e. The lowest BCUT2D eigenvalue weighted by molar-refractivity contribution is -0.134. The van der Waals surface area contributed by atoms with Crippen LogP contribution >= 0.6 is 11.8 Å². The topological polar surface area (TPSA) is 63.4 Å². The lowest BCUT2D eigenvalue weighted by atomic mass is 9.97. The highest BCUT2D eigenvalue weighted by atomic mass is 32.2. The van der Waals surface area contributed by atoms with E-state index in [1.54, 1.807) is 16.7 Å². The van der Waals surface area contributed by atoms with E-state index in [9.17, 15) is 9.59 Å². The summed E-state index contributed by atoms with van der Waals surface area (Å²) in [5.74, 6) is 0.424. The van der Waals surface area contributed by atoms with Gasteiger partial charge in [0.1, 0.15) is 0 Å². The van der Waals surface area contributed by atoms with Crippen LogP contribution in [0.1, 0.15) is 30.4 Å². The standard InChI is InChI=1S/C17H24N2O2S/c1-12-5-6-15(10-13(12)2)22-9-7-16(20)19-8-3-4-14(11-19)17(18)21/h5-6,10,14H,3-4,7-9,11H2,1-2H3,(H2,18,21). The molecule has 0 radical (unpaired) electrons. The van der Waals surface area contributed by atoms with Crippen molar-refractivity contribution in [3.8, 4) is 0 Å². The van der Waals surface area contributed by atoms with Gasteiger partial charge in [-0.25, -0.2) is 0 Å². The van der Waals surface area contributed by atoms with Crippen molar-refractivity contribution in [2.75, 3.05) is 18.8 Å². The lowest BCUT2D eigenvalue weighted by Gasteiger charge is -2.31. The molecule has 0 bridgehead atoms. The Hall–Kier alpha value is -1.49. The van der Waals surface area contributed by atoms with E-state index >= 15 is 0 Å². The second-order valence-corrected chi connectivity index (χ2v) is 7.09. The summed E-state index contributed by atoms with van der Waals surface area (Å²) < 4.78 is 0. The number of amides is 2. The summed E-state index contributed by atoms with van der Waals surface area (Å²) in [7, 11) is 0. The van der Waals surface area contributed by atoms with E-state index < -0.39 is 0 Å². The van der Waals surface area contributed by atoms with E-state index in [-0.39, 0.29) is 17.7 Å². The molecule has 2 N–H and O–H groups in total. The molecule has 1 unspecified atom stereocenters. The molecule has 1 heterocycles. The number of nitrogens with two attached hydrogens (primary N) is 1. The molecule has 1 saturated heterocycles. The number of nitrogens with zero attached hydrogens (tertiary/aromatic N) is 1. The third-order valence-corrected chi connectivity index (χ3v) is 5.24. The van der Waals surface area contributed by atoms with Crippen LogP contribution in [0.5, 0.6) is 0 Å². The van der Waals surface area contributed by atoms with Crippen LogP contribution < -0.4 is 5.73 Å². The number of hydrogen-bond donors (Lipinski definition) is 1. The second kappa shape index (κ2) is 7.68. The molecule has 120 valence electrons. The van der Waals surface area contributed by atoms with E-state index in [4.69, 9.17) is 5.73 Å². The third kappa shape index (κ3) is 4.50. The zero-order chi connectivity index (χ0) is 16.1. The number of likely N-dealkylation sites (tertiary alicyclic amines) is 1. The van der Waals surface area contributed by atoms with Crippen LogP contribution in [0.25, 0.3) is 0 Å². The van der Waals surface area contributed by atoms with Crippen molar-refractivity contribution in [3.63, 3.8) is 0 Å². The highest BCUT2D eigenvalue weighted by Crippen LogP contribution is 2.23. The van der Waals surface area contributed by atoms with Crippen LogP contribution in [0, 0.1) is 19.8 Å². The Morgan fingerprint density at radius 3 is 2.77 bits per heavy atom. The molecule has 1 atom stereocenters. The van der Waals surface area contributed by atoms with Gasteiger partial charge in [0, 0.05) is 30.2 Å². The Labute approximate surface area is 136 Å². The van der Waals surface area contributed by atoms with Gasteiger partial charge >= 0.3 is 0 Å². The van der Waals surface area contributed by atoms with Gasteiger partial charge in [0.2, 0.25) is 11.8 Å². The summed E-state index contributed by atoms with van der Waals surface area (Å²) in [6, 6.07) is 6.37. The van der Waals surface area contributed by atoms with E-state index in [1.165, 1.54) is 16.0 Å². The quantitative estimate of drug-likeness (QED) is 0.848. The van der Waals surface area contributed by atoms with Gasteiger partial charge in [0.15, 0.2) is 0 Å². The molecule has 1 aliphatic rings. The van der Waals surface area contributed by atoms with Crippen molar-refractivity contribution in [1.82, 2.24) is 4.90 Å². The molecule has 2 amide bonds. The number of carbonyl (C=O) groups excluding carboxylic acids is 2. The minimum absolute atomic E-state index is 0.127. The van der Waals surface area contributed by atoms with Crippen LogP contribution in [0.15, 0.2) is 23.1 Å². The molecule has 5 heteroatoms. The average Bonchev–Trinajstić information content (AvgIpc) is 2.51. The summed E-state index contributed by atoms with van der Waals surface area (Å²) in [6.07, 6.45) is 2.17. The number of primary amides is 1. The maximum Gasteiger partial charge on any atom is 0.223 e. The van der Waals surface area contributed by atoms with Gasteiger partial charge in [-0.15, -0.1) is 11.8 Å². The molecule has 0 aliphatic carbocycles. The fourth-order valence-electron chi connectivity index (χ4n) is 2.65. The zero-order valence-electron chi connectivity index (χ0n) is 13.3. The zero-order valence-corrected chi connectivity index (χ0v) is 14.1. The van der Waals surface area contributed by atoms with Crippen LogP contribution in [-0.2, 0) is 9.59 Å². The first-order chi connectivity index (χ1) is 10.5. The Morgan fingerprint density at radius 1 is 1.32 bits per heavy atom. The average molecular weight is 320 g/mol. The molecule has 4 nitrogen and oxygen atoms in total. The number of aryl methyl sites for hydroxylation is 2. The van der Waals surface area contributed by atoms with E-state index in [0.717, 1.165) is 25.1 Å². The van der Waals surface area contributed by atoms with Crippen molar-refractivity contribution in [2.24, 2.45) is 11.7 Å². The number of thioether (sulfide) groups is 1. The van der Waals surface area contributed by atoms with Gasteiger partial charge in [-0.1, -0.05) is 6.07 Å². The third-order valence-electron chi connectivity index (χ3n) is 4.24. The van der Waals surface area contributed by atoms with Crippen LogP contribution in [0.4, 0.5) is 0 Å². The maximum absolute atomic E-state index is 12.2. The summed E-state index contributed by atoms with van der Waals surface area (Å²) in [5, 5.41) is 0. The Bertz CT molecular complexity index is 560. The van der Waals surface area contributed by atoms with Crippen molar-refractivity contribution in [1.29, 1.82) is 0 Å². The fraction of sp³-hybridized carbons (Fsp3) is 0.529. The molecular formula is C17H24N2O2S. The minimum atomic E-state index is -0.290. The number of rotatable bonds is 5. The highest BCUT2D eigenvalue weighted by molar-refractivity contribution is 7.99. The first kappa shape index (κ1) is 16.9. The first-order valence-electron chi connectivity index (χ1n) is 7.74. The van der Waals surface area contributed by atoms with Gasteiger partial charge in [-0.2, -0.15) is 0 Å². The first-order valence-corrected chi connectivity index (χ1v) is 8.73. The Morgan fingerprint density at radius 2 is 2.09 bits per heavy atom. The summed E-state index contributed by atoms with van der Waals surface area (Å²) >= 11 is 1.70. The number of carbonyl (C=O) groups is 2. The predicted octanol–water partition coefficient (Wildman–Crippen LogP) is 2.51. The van der Waals surface area contributed by atoms with Crippen molar-refractivity contribution >= 4 is 23.6 Å². The van der Waals surface area contributed by atoms with Crippen molar-refractivity contribution < 1.29 is 9.59 Å². The molecule has 1 aromatic carbocycles. The summed E-state index contributed by atoms with van der Waals surface area (Å²) in [4.78, 5) is 26.5. The van der Waals surface area contributed by atoms with E-state index in [0.29, 0.717) is 13.0 Å². The summed E-state index contributed by atoms with van der Waals surface area (Å²) in [5.41, 5.74) is 7.91. The van der Waals surface area contributed by atoms with Gasteiger partial charge < -0.3 is 10.6 Å². The maximum atomic E-state index is 12.2. The molecule has 0 saturated carbocycles. The minimum Gasteiger partial charge on any atom is -0.369 e. The highest BCUT2D eigenvalue weighted by Gasteiger charge is 2.26. The number of benzene rings is 1. The van der Waals surface area contributed by atoms with Crippen LogP contribution in [-0.4, -0.2) is 35.6 Å². The Balaban J connectivity index is 1.79. The normalized spacial score (nSPS) is 18.3.